The van der Waals surface area contributed by atoms with Crippen LogP contribution < -0.4 is 10.6 Å². The lowest BCUT2D eigenvalue weighted by atomic mass is 10.1. The van der Waals surface area contributed by atoms with Gasteiger partial charge >= 0.3 is 12.0 Å². The summed E-state index contributed by atoms with van der Waals surface area (Å²) in [6.45, 7) is 4.87. The average Bonchev–Trinajstić information content (AvgIpc) is 2.90. The van der Waals surface area contributed by atoms with Crippen molar-refractivity contribution in [2.75, 3.05) is 6.54 Å². The van der Waals surface area contributed by atoms with Crippen LogP contribution in [-0.2, 0) is 11.2 Å². The van der Waals surface area contributed by atoms with Crippen LogP contribution in [0.2, 0.25) is 0 Å². The zero-order chi connectivity index (χ0) is 15.7. The molecule has 0 saturated carbocycles. The minimum atomic E-state index is -1.07. The molecule has 0 aliphatic heterocycles. The van der Waals surface area contributed by atoms with E-state index in [1.807, 2.05) is 0 Å². The number of carboxylic acids is 1. The number of nitrogens with one attached hydrogen (secondary N) is 3. The van der Waals surface area contributed by atoms with E-state index in [4.69, 9.17) is 5.11 Å². The number of hydrogen-bond acceptors (Lipinski definition) is 3. The largest absolute Gasteiger partial charge is 0.480 e. The normalized spacial score (nSPS) is 12.1. The molecule has 0 bridgehead atoms. The third-order valence-corrected chi connectivity index (χ3v) is 3.08. The predicted octanol–water partition coefficient (Wildman–Crippen LogP) is 1.53. The Hall–Kier alpha value is -2.05. The lowest BCUT2D eigenvalue weighted by Gasteiger charge is -2.14. The van der Waals surface area contributed by atoms with E-state index >= 15 is 0 Å². The summed E-state index contributed by atoms with van der Waals surface area (Å²) in [6, 6.07) is -1.42. The molecule has 21 heavy (non-hydrogen) atoms. The number of urea groups is 1. The van der Waals surface area contributed by atoms with Gasteiger partial charge in [-0.25, -0.2) is 14.6 Å². The van der Waals surface area contributed by atoms with Crippen LogP contribution in [0.3, 0.4) is 0 Å². The van der Waals surface area contributed by atoms with Gasteiger partial charge in [-0.05, 0) is 12.3 Å². The number of aromatic amines is 1. The second kappa shape index (κ2) is 8.99. The van der Waals surface area contributed by atoms with E-state index < -0.39 is 18.0 Å². The van der Waals surface area contributed by atoms with Gasteiger partial charge in [0.15, 0.2) is 0 Å². The van der Waals surface area contributed by atoms with Gasteiger partial charge in [0.25, 0.3) is 0 Å². The highest BCUT2D eigenvalue weighted by Crippen LogP contribution is 2.05. The van der Waals surface area contributed by atoms with E-state index in [1.165, 1.54) is 6.33 Å². The summed E-state index contributed by atoms with van der Waals surface area (Å²) in [5, 5.41) is 14.3. The number of H-pyrrole nitrogens is 1. The lowest BCUT2D eigenvalue weighted by molar-refractivity contribution is -0.139. The number of unbranched alkanes of at least 4 members (excludes halogenated alkanes) is 1. The van der Waals surface area contributed by atoms with Crippen LogP contribution in [0.4, 0.5) is 4.79 Å². The number of aromatic nitrogens is 2. The Labute approximate surface area is 124 Å². The van der Waals surface area contributed by atoms with E-state index in [0.717, 1.165) is 19.3 Å². The Kier molecular flexibility index (Phi) is 7.28. The van der Waals surface area contributed by atoms with Gasteiger partial charge in [-0.2, -0.15) is 0 Å². The molecule has 0 aliphatic carbocycles. The Morgan fingerprint density at radius 1 is 1.38 bits per heavy atom. The molecule has 7 heteroatoms. The molecule has 7 nitrogen and oxygen atoms in total. The number of rotatable bonds is 9. The fraction of sp³-hybridized carbons (Fsp3) is 0.643. The summed E-state index contributed by atoms with van der Waals surface area (Å²) in [5.74, 6) is -0.413. The average molecular weight is 296 g/mol. The van der Waals surface area contributed by atoms with E-state index in [0.29, 0.717) is 18.2 Å². The van der Waals surface area contributed by atoms with Crippen molar-refractivity contribution in [2.24, 2.45) is 5.92 Å². The first-order valence-electron chi connectivity index (χ1n) is 7.23. The van der Waals surface area contributed by atoms with Crippen LogP contribution >= 0.6 is 0 Å². The highest BCUT2D eigenvalue weighted by molar-refractivity contribution is 5.82. The fourth-order valence-electron chi connectivity index (χ4n) is 1.91. The first-order chi connectivity index (χ1) is 9.99. The van der Waals surface area contributed by atoms with Crippen molar-refractivity contribution in [1.82, 2.24) is 20.6 Å². The third kappa shape index (κ3) is 7.34. The maximum Gasteiger partial charge on any atom is 0.326 e. The highest BCUT2D eigenvalue weighted by atomic mass is 16.4. The second-order valence-corrected chi connectivity index (χ2v) is 5.46. The van der Waals surface area contributed by atoms with Crippen LogP contribution in [0.25, 0.3) is 0 Å². The van der Waals surface area contributed by atoms with Crippen molar-refractivity contribution >= 4 is 12.0 Å². The maximum atomic E-state index is 11.7. The SMILES string of the molecule is CC(C)CCCCNC(=O)N[C@H](Cc1cnc[nH]1)C(=O)O. The second-order valence-electron chi connectivity index (χ2n) is 5.46. The molecule has 0 unspecified atom stereocenters. The molecule has 2 amide bonds. The number of carbonyl (C=O) groups is 2. The van der Waals surface area contributed by atoms with Crippen molar-refractivity contribution in [1.29, 1.82) is 0 Å². The van der Waals surface area contributed by atoms with E-state index in [2.05, 4.69) is 34.4 Å². The van der Waals surface area contributed by atoms with Gasteiger partial charge in [0, 0.05) is 24.9 Å². The molecule has 1 aromatic heterocycles. The van der Waals surface area contributed by atoms with Gasteiger partial charge in [0.05, 0.1) is 6.33 Å². The molecule has 0 spiro atoms. The standard InChI is InChI=1S/C14H24N4O3/c1-10(2)5-3-4-6-16-14(21)18-12(13(19)20)7-11-8-15-9-17-11/h8-10,12H,3-7H2,1-2H3,(H,15,17)(H,19,20)(H2,16,18,21)/t12-/m1/s1. The van der Waals surface area contributed by atoms with Crippen molar-refractivity contribution in [3.63, 3.8) is 0 Å². The smallest absolute Gasteiger partial charge is 0.326 e. The number of aliphatic carboxylic acids is 1. The Bertz CT molecular complexity index is 431. The van der Waals surface area contributed by atoms with E-state index in [1.54, 1.807) is 6.20 Å². The Morgan fingerprint density at radius 3 is 2.71 bits per heavy atom. The fourth-order valence-corrected chi connectivity index (χ4v) is 1.91. The van der Waals surface area contributed by atoms with Gasteiger partial charge in [-0.3, -0.25) is 0 Å². The van der Waals surface area contributed by atoms with Crippen molar-refractivity contribution in [3.8, 4) is 0 Å². The summed E-state index contributed by atoms with van der Waals surface area (Å²) in [7, 11) is 0. The molecule has 0 saturated heterocycles. The third-order valence-electron chi connectivity index (χ3n) is 3.08. The molecule has 0 fully saturated rings. The zero-order valence-electron chi connectivity index (χ0n) is 12.6. The number of imidazole rings is 1. The van der Waals surface area contributed by atoms with Crippen LogP contribution in [0.1, 0.15) is 38.8 Å². The topological polar surface area (TPSA) is 107 Å². The molecule has 1 heterocycles. The molecule has 1 rings (SSSR count). The first kappa shape index (κ1) is 17.0. The number of nitrogens with zero attached hydrogens (tertiary/aromatic N) is 1. The molecule has 118 valence electrons. The first-order valence-corrected chi connectivity index (χ1v) is 7.23. The molecule has 1 aromatic rings. The summed E-state index contributed by atoms with van der Waals surface area (Å²) in [5.41, 5.74) is 0.666. The van der Waals surface area contributed by atoms with Gasteiger partial charge < -0.3 is 20.7 Å². The highest BCUT2D eigenvalue weighted by Gasteiger charge is 2.20. The van der Waals surface area contributed by atoms with Gasteiger partial charge in [0.1, 0.15) is 6.04 Å². The van der Waals surface area contributed by atoms with Gasteiger partial charge in [-0.15, -0.1) is 0 Å². The molecule has 4 N–H and O–H groups in total. The minimum absolute atomic E-state index is 0.177. The molecular weight excluding hydrogens is 272 g/mol. The minimum Gasteiger partial charge on any atom is -0.480 e. The van der Waals surface area contributed by atoms with Crippen LogP contribution in [0.15, 0.2) is 12.5 Å². The maximum absolute atomic E-state index is 11.7. The van der Waals surface area contributed by atoms with Crippen LogP contribution in [-0.4, -0.2) is 39.7 Å². The van der Waals surface area contributed by atoms with Crippen LogP contribution in [0.5, 0.6) is 0 Å². The molecule has 1 atom stereocenters. The number of carbonyl (C=O) groups excluding carboxylic acids is 1. The van der Waals surface area contributed by atoms with Gasteiger partial charge in [-0.1, -0.05) is 26.7 Å². The predicted molar refractivity (Wildman–Crippen MR) is 78.9 cm³/mol. The summed E-state index contributed by atoms with van der Waals surface area (Å²) in [6.07, 6.45) is 6.26. The van der Waals surface area contributed by atoms with Crippen LogP contribution in [0, 0.1) is 5.92 Å². The monoisotopic (exact) mass is 296 g/mol. The molecular formula is C14H24N4O3. The summed E-state index contributed by atoms with van der Waals surface area (Å²) >= 11 is 0. The number of amides is 2. The van der Waals surface area contributed by atoms with Crippen molar-refractivity contribution < 1.29 is 14.7 Å². The van der Waals surface area contributed by atoms with Gasteiger partial charge in [0.2, 0.25) is 0 Å². The molecule has 0 aromatic carbocycles. The summed E-state index contributed by atoms with van der Waals surface area (Å²) < 4.78 is 0. The Morgan fingerprint density at radius 2 is 2.14 bits per heavy atom. The van der Waals surface area contributed by atoms with E-state index in [-0.39, 0.29) is 6.42 Å². The van der Waals surface area contributed by atoms with E-state index in [9.17, 15) is 9.59 Å². The molecule has 0 aliphatic rings. The lowest BCUT2D eigenvalue weighted by Crippen LogP contribution is -2.47. The zero-order valence-corrected chi connectivity index (χ0v) is 12.6. The van der Waals surface area contributed by atoms with Crippen molar-refractivity contribution in [2.45, 2.75) is 45.6 Å². The number of hydrogen-bond donors (Lipinski definition) is 4. The Balaban J connectivity index is 2.27. The molecule has 0 radical (unpaired) electrons. The quantitative estimate of drug-likeness (QED) is 0.518. The van der Waals surface area contributed by atoms with Crippen molar-refractivity contribution in [3.05, 3.63) is 18.2 Å². The summed E-state index contributed by atoms with van der Waals surface area (Å²) in [4.78, 5) is 29.4. The number of carboxylic acid groups (broad SMARTS) is 1.